The molecule has 108 valence electrons. The third-order valence-corrected chi connectivity index (χ3v) is 3.89. The van der Waals surface area contributed by atoms with Crippen LogP contribution in [0.15, 0.2) is 0 Å². The highest BCUT2D eigenvalue weighted by Crippen LogP contribution is 2.37. The summed E-state index contributed by atoms with van der Waals surface area (Å²) in [5.41, 5.74) is 5.68. The van der Waals surface area contributed by atoms with Crippen LogP contribution >= 0.6 is 0 Å². The van der Waals surface area contributed by atoms with E-state index in [2.05, 4.69) is 0 Å². The van der Waals surface area contributed by atoms with Crippen molar-refractivity contribution in [3.63, 3.8) is 0 Å². The lowest BCUT2D eigenvalue weighted by molar-refractivity contribution is -0.185. The number of halogens is 4. The van der Waals surface area contributed by atoms with Gasteiger partial charge in [-0.3, -0.25) is 0 Å². The van der Waals surface area contributed by atoms with Crippen molar-refractivity contribution in [2.24, 2.45) is 17.6 Å². The van der Waals surface area contributed by atoms with Crippen LogP contribution in [-0.4, -0.2) is 18.4 Å². The molecule has 1 saturated carbocycles. The van der Waals surface area contributed by atoms with Gasteiger partial charge in [0.15, 0.2) is 6.17 Å². The number of nitrogens with two attached hydrogens (primary N) is 1. The molecule has 0 amide bonds. The second-order valence-electron chi connectivity index (χ2n) is 5.69. The summed E-state index contributed by atoms with van der Waals surface area (Å²) in [6, 6.07) is 0.183. The molecular formula is C13H23F4N. The van der Waals surface area contributed by atoms with E-state index < -0.39 is 12.3 Å². The molecule has 1 nitrogen and oxygen atoms in total. The van der Waals surface area contributed by atoms with Crippen LogP contribution in [0.2, 0.25) is 0 Å². The van der Waals surface area contributed by atoms with Crippen molar-refractivity contribution >= 4 is 0 Å². The number of rotatable bonds is 5. The lowest BCUT2D eigenvalue weighted by atomic mass is 9.78. The Balaban J connectivity index is 2.23. The first-order chi connectivity index (χ1) is 8.29. The molecule has 18 heavy (non-hydrogen) atoms. The Morgan fingerprint density at radius 3 is 2.06 bits per heavy atom. The van der Waals surface area contributed by atoms with Crippen molar-refractivity contribution in [3.05, 3.63) is 0 Å². The van der Waals surface area contributed by atoms with E-state index in [-0.39, 0.29) is 18.4 Å². The first kappa shape index (κ1) is 15.7. The van der Waals surface area contributed by atoms with Crippen LogP contribution in [0.5, 0.6) is 0 Å². The number of alkyl halides is 4. The van der Waals surface area contributed by atoms with Gasteiger partial charge >= 0.3 is 6.18 Å². The molecule has 2 unspecified atom stereocenters. The molecule has 0 aliphatic heterocycles. The van der Waals surface area contributed by atoms with Crippen molar-refractivity contribution in [1.82, 2.24) is 0 Å². The average Bonchev–Trinajstić information content (AvgIpc) is 2.26. The molecule has 0 saturated heterocycles. The van der Waals surface area contributed by atoms with Crippen LogP contribution in [0, 0.1) is 11.8 Å². The predicted molar refractivity (Wildman–Crippen MR) is 63.9 cm³/mol. The fourth-order valence-electron chi connectivity index (χ4n) is 2.68. The lowest BCUT2D eigenvalue weighted by Gasteiger charge is -2.30. The molecule has 0 aromatic rings. The Hall–Kier alpha value is -0.320. The third kappa shape index (κ3) is 5.55. The van der Waals surface area contributed by atoms with E-state index in [1.807, 2.05) is 6.92 Å². The summed E-state index contributed by atoms with van der Waals surface area (Å²) in [5.74, 6) is 0.462. The highest BCUT2D eigenvalue weighted by molar-refractivity contribution is 4.78. The molecular weight excluding hydrogens is 246 g/mol. The zero-order valence-corrected chi connectivity index (χ0v) is 10.8. The van der Waals surface area contributed by atoms with Gasteiger partial charge in [-0.1, -0.05) is 25.7 Å². The van der Waals surface area contributed by atoms with E-state index in [4.69, 9.17) is 5.73 Å². The molecule has 1 aliphatic rings. The second-order valence-corrected chi connectivity index (χ2v) is 5.69. The smallest absolute Gasteiger partial charge is 0.328 e. The van der Waals surface area contributed by atoms with E-state index in [0.29, 0.717) is 5.92 Å². The van der Waals surface area contributed by atoms with E-state index in [0.717, 1.165) is 38.5 Å². The van der Waals surface area contributed by atoms with E-state index >= 15 is 0 Å². The zero-order chi connectivity index (χ0) is 13.8. The summed E-state index contributed by atoms with van der Waals surface area (Å²) in [6.45, 7) is 1.96. The van der Waals surface area contributed by atoms with Gasteiger partial charge in [0.25, 0.3) is 0 Å². The van der Waals surface area contributed by atoms with E-state index in [1.54, 1.807) is 0 Å². The summed E-state index contributed by atoms with van der Waals surface area (Å²) >= 11 is 0. The fourth-order valence-corrected chi connectivity index (χ4v) is 2.68. The molecule has 0 radical (unpaired) electrons. The molecule has 1 fully saturated rings. The van der Waals surface area contributed by atoms with Crippen LogP contribution in [0.25, 0.3) is 0 Å². The number of hydrogen-bond acceptors (Lipinski definition) is 1. The monoisotopic (exact) mass is 269 g/mol. The second kappa shape index (κ2) is 6.73. The molecule has 2 N–H and O–H groups in total. The molecule has 0 bridgehead atoms. The summed E-state index contributed by atoms with van der Waals surface area (Å²) < 4.78 is 49.2. The zero-order valence-electron chi connectivity index (χ0n) is 10.8. The van der Waals surface area contributed by atoms with Gasteiger partial charge in [-0.25, -0.2) is 4.39 Å². The number of hydrogen-bond donors (Lipinski definition) is 1. The molecule has 1 rings (SSSR count). The van der Waals surface area contributed by atoms with Crippen LogP contribution < -0.4 is 5.73 Å². The van der Waals surface area contributed by atoms with Gasteiger partial charge in [0.05, 0.1) is 0 Å². The summed E-state index contributed by atoms with van der Waals surface area (Å²) in [5, 5.41) is 0. The topological polar surface area (TPSA) is 26.0 Å². The van der Waals surface area contributed by atoms with Crippen molar-refractivity contribution < 1.29 is 17.6 Å². The van der Waals surface area contributed by atoms with Gasteiger partial charge < -0.3 is 5.73 Å². The van der Waals surface area contributed by atoms with Crippen molar-refractivity contribution in [1.29, 1.82) is 0 Å². The summed E-state index contributed by atoms with van der Waals surface area (Å²) in [6.07, 6.45) is -2.41. The Bertz CT molecular complexity index is 232. The van der Waals surface area contributed by atoms with Crippen molar-refractivity contribution in [3.8, 4) is 0 Å². The standard InChI is InChI=1S/C13H23F4N/c1-9(18)2-3-10-4-6-11(7-5-10)8-12(14)13(15,16)17/h9-12H,2-8,18H2,1H3. The molecule has 0 aromatic carbocycles. The maximum atomic E-state index is 12.9. The van der Waals surface area contributed by atoms with Crippen molar-refractivity contribution in [2.45, 2.75) is 70.3 Å². The van der Waals surface area contributed by atoms with Gasteiger partial charge in [0.1, 0.15) is 0 Å². The van der Waals surface area contributed by atoms with Crippen molar-refractivity contribution in [2.75, 3.05) is 0 Å². The minimum atomic E-state index is -4.69. The van der Waals surface area contributed by atoms with Crippen LogP contribution in [0.1, 0.15) is 51.9 Å². The Morgan fingerprint density at radius 1 is 1.11 bits per heavy atom. The first-order valence-electron chi connectivity index (χ1n) is 6.75. The quantitative estimate of drug-likeness (QED) is 0.743. The summed E-state index contributed by atoms with van der Waals surface area (Å²) in [4.78, 5) is 0. The molecule has 0 spiro atoms. The van der Waals surface area contributed by atoms with Crippen LogP contribution in [-0.2, 0) is 0 Å². The van der Waals surface area contributed by atoms with Gasteiger partial charge in [-0.2, -0.15) is 13.2 Å². The van der Waals surface area contributed by atoms with Crippen LogP contribution in [0.3, 0.4) is 0 Å². The summed E-state index contributed by atoms with van der Waals surface area (Å²) in [7, 11) is 0. The normalized spacial score (nSPS) is 29.0. The Labute approximate surface area is 106 Å². The van der Waals surface area contributed by atoms with Gasteiger partial charge in [-0.05, 0) is 38.0 Å². The maximum Gasteiger partial charge on any atom is 0.419 e. The van der Waals surface area contributed by atoms with Gasteiger partial charge in [-0.15, -0.1) is 0 Å². The fraction of sp³-hybridized carbons (Fsp3) is 1.00. The molecule has 0 heterocycles. The SMILES string of the molecule is CC(N)CCC1CCC(CC(F)C(F)(F)F)CC1. The first-order valence-corrected chi connectivity index (χ1v) is 6.75. The van der Waals surface area contributed by atoms with Gasteiger partial charge in [0, 0.05) is 6.04 Å². The lowest BCUT2D eigenvalue weighted by Crippen LogP contribution is -2.28. The molecule has 0 aromatic heterocycles. The average molecular weight is 269 g/mol. The Morgan fingerprint density at radius 2 is 1.61 bits per heavy atom. The highest BCUT2D eigenvalue weighted by atomic mass is 19.4. The largest absolute Gasteiger partial charge is 0.419 e. The molecule has 2 atom stereocenters. The van der Waals surface area contributed by atoms with Crippen LogP contribution in [0.4, 0.5) is 17.6 Å². The van der Waals surface area contributed by atoms with E-state index in [9.17, 15) is 17.6 Å². The minimum absolute atomic E-state index is 0.104. The minimum Gasteiger partial charge on any atom is -0.328 e. The maximum absolute atomic E-state index is 12.9. The molecule has 1 aliphatic carbocycles. The van der Waals surface area contributed by atoms with E-state index in [1.165, 1.54) is 0 Å². The third-order valence-electron chi connectivity index (χ3n) is 3.89. The molecule has 5 heteroatoms. The predicted octanol–water partition coefficient (Wildman–Crippen LogP) is 4.21. The Kier molecular flexibility index (Phi) is 5.89. The van der Waals surface area contributed by atoms with Gasteiger partial charge in [0.2, 0.25) is 0 Å². The highest BCUT2D eigenvalue weighted by Gasteiger charge is 2.41.